The fourth-order valence-electron chi connectivity index (χ4n) is 3.54. The SMILES string of the molecule is NC(=O)Cc1ccc(OCC(=O)Nc2ccc(Cl)c(C(=O)NC3CCCCC3)c2)cc1. The maximum atomic E-state index is 12.6. The first-order valence-electron chi connectivity index (χ1n) is 10.3. The average molecular weight is 444 g/mol. The van der Waals surface area contributed by atoms with E-state index in [1.165, 1.54) is 6.42 Å². The van der Waals surface area contributed by atoms with E-state index in [-0.39, 0.29) is 30.9 Å². The summed E-state index contributed by atoms with van der Waals surface area (Å²) in [5.41, 5.74) is 6.72. The first kappa shape index (κ1) is 22.6. The number of carbonyl (C=O) groups is 3. The molecule has 0 saturated heterocycles. The molecule has 8 heteroatoms. The zero-order valence-electron chi connectivity index (χ0n) is 17.2. The van der Waals surface area contributed by atoms with Gasteiger partial charge in [0.15, 0.2) is 6.61 Å². The van der Waals surface area contributed by atoms with Crippen LogP contribution >= 0.6 is 11.6 Å². The van der Waals surface area contributed by atoms with E-state index in [0.29, 0.717) is 22.0 Å². The second kappa shape index (κ2) is 10.8. The van der Waals surface area contributed by atoms with Gasteiger partial charge in [-0.25, -0.2) is 0 Å². The topological polar surface area (TPSA) is 111 Å². The fourth-order valence-corrected chi connectivity index (χ4v) is 3.74. The summed E-state index contributed by atoms with van der Waals surface area (Å²) in [7, 11) is 0. The van der Waals surface area contributed by atoms with Crippen LogP contribution in [0.3, 0.4) is 0 Å². The number of primary amides is 1. The molecule has 3 rings (SSSR count). The van der Waals surface area contributed by atoms with Crippen molar-refractivity contribution < 1.29 is 19.1 Å². The zero-order valence-corrected chi connectivity index (χ0v) is 17.9. The molecule has 0 spiro atoms. The summed E-state index contributed by atoms with van der Waals surface area (Å²) in [5.74, 6) is -0.530. The standard InChI is InChI=1S/C23H26ClN3O4/c24-20-11-8-17(13-19(20)23(30)27-16-4-2-1-3-5-16)26-22(29)14-31-18-9-6-15(7-10-18)12-21(25)28/h6-11,13,16H,1-5,12,14H2,(H2,25,28)(H,26,29)(H,27,30). The second-order valence-electron chi connectivity index (χ2n) is 7.63. The van der Waals surface area contributed by atoms with Crippen LogP contribution in [0.25, 0.3) is 0 Å². The maximum Gasteiger partial charge on any atom is 0.262 e. The number of ether oxygens (including phenoxy) is 1. The molecule has 0 heterocycles. The van der Waals surface area contributed by atoms with Crippen LogP contribution in [-0.4, -0.2) is 30.4 Å². The molecule has 0 atom stereocenters. The Morgan fingerprint density at radius 3 is 2.42 bits per heavy atom. The van der Waals surface area contributed by atoms with Gasteiger partial charge in [-0.15, -0.1) is 0 Å². The Labute approximate surface area is 186 Å². The van der Waals surface area contributed by atoms with Gasteiger partial charge in [0, 0.05) is 11.7 Å². The molecule has 31 heavy (non-hydrogen) atoms. The van der Waals surface area contributed by atoms with Crippen molar-refractivity contribution in [1.29, 1.82) is 0 Å². The molecule has 0 bridgehead atoms. The molecule has 1 aliphatic carbocycles. The number of hydrogen-bond acceptors (Lipinski definition) is 4. The average Bonchev–Trinajstić information content (AvgIpc) is 2.75. The molecule has 1 aliphatic rings. The quantitative estimate of drug-likeness (QED) is 0.580. The van der Waals surface area contributed by atoms with Crippen LogP contribution in [0.2, 0.25) is 5.02 Å². The summed E-state index contributed by atoms with van der Waals surface area (Å²) in [6.45, 7) is -0.207. The molecule has 3 amide bonds. The van der Waals surface area contributed by atoms with E-state index in [1.807, 2.05) is 0 Å². The van der Waals surface area contributed by atoms with Crippen molar-refractivity contribution in [2.24, 2.45) is 5.73 Å². The third-order valence-corrected chi connectivity index (χ3v) is 5.44. The van der Waals surface area contributed by atoms with Gasteiger partial charge in [-0.05, 0) is 48.7 Å². The Balaban J connectivity index is 1.54. The normalized spacial score (nSPS) is 14.0. The molecule has 1 saturated carbocycles. The van der Waals surface area contributed by atoms with Gasteiger partial charge in [0.25, 0.3) is 11.8 Å². The molecular weight excluding hydrogens is 418 g/mol. The van der Waals surface area contributed by atoms with Crippen LogP contribution in [-0.2, 0) is 16.0 Å². The molecule has 0 aliphatic heterocycles. The number of nitrogens with one attached hydrogen (secondary N) is 2. The molecule has 0 aromatic heterocycles. The number of carbonyl (C=O) groups excluding carboxylic acids is 3. The van der Waals surface area contributed by atoms with Gasteiger partial charge in [-0.3, -0.25) is 14.4 Å². The van der Waals surface area contributed by atoms with Gasteiger partial charge >= 0.3 is 0 Å². The molecule has 164 valence electrons. The number of halogens is 1. The van der Waals surface area contributed by atoms with Crippen LogP contribution in [0, 0.1) is 0 Å². The van der Waals surface area contributed by atoms with Crippen LogP contribution in [0.5, 0.6) is 5.75 Å². The summed E-state index contributed by atoms with van der Waals surface area (Å²) in [4.78, 5) is 35.8. The van der Waals surface area contributed by atoms with Crippen LogP contribution in [0.4, 0.5) is 5.69 Å². The lowest BCUT2D eigenvalue weighted by Gasteiger charge is -2.23. The lowest BCUT2D eigenvalue weighted by atomic mass is 9.95. The summed E-state index contributed by atoms with van der Waals surface area (Å²) < 4.78 is 5.47. The Morgan fingerprint density at radius 1 is 1.03 bits per heavy atom. The highest BCUT2D eigenvalue weighted by atomic mass is 35.5. The molecule has 0 unspecified atom stereocenters. The van der Waals surface area contributed by atoms with E-state index in [9.17, 15) is 14.4 Å². The van der Waals surface area contributed by atoms with Gasteiger partial charge in [-0.2, -0.15) is 0 Å². The van der Waals surface area contributed by atoms with Gasteiger partial charge in [0.05, 0.1) is 17.0 Å². The van der Waals surface area contributed by atoms with E-state index in [4.69, 9.17) is 22.1 Å². The highest BCUT2D eigenvalue weighted by Gasteiger charge is 2.19. The minimum absolute atomic E-state index is 0.147. The third-order valence-electron chi connectivity index (χ3n) is 5.11. The molecule has 0 radical (unpaired) electrons. The second-order valence-corrected chi connectivity index (χ2v) is 8.03. The molecule has 7 nitrogen and oxygen atoms in total. The van der Waals surface area contributed by atoms with E-state index in [2.05, 4.69) is 10.6 Å². The summed E-state index contributed by atoms with van der Waals surface area (Å²) in [6, 6.07) is 11.7. The van der Waals surface area contributed by atoms with E-state index in [1.54, 1.807) is 42.5 Å². The smallest absolute Gasteiger partial charge is 0.262 e. The van der Waals surface area contributed by atoms with E-state index in [0.717, 1.165) is 31.2 Å². The van der Waals surface area contributed by atoms with Crippen molar-refractivity contribution in [2.75, 3.05) is 11.9 Å². The Hall–Kier alpha value is -3.06. The van der Waals surface area contributed by atoms with Gasteiger partial charge in [-0.1, -0.05) is 43.0 Å². The number of rotatable bonds is 8. The maximum absolute atomic E-state index is 12.6. The van der Waals surface area contributed by atoms with Crippen molar-refractivity contribution in [1.82, 2.24) is 5.32 Å². The Bertz CT molecular complexity index is 940. The van der Waals surface area contributed by atoms with Gasteiger partial charge in [0.2, 0.25) is 5.91 Å². The number of nitrogens with two attached hydrogens (primary N) is 1. The monoisotopic (exact) mass is 443 g/mol. The highest BCUT2D eigenvalue weighted by molar-refractivity contribution is 6.34. The molecule has 1 fully saturated rings. The zero-order chi connectivity index (χ0) is 22.2. The lowest BCUT2D eigenvalue weighted by molar-refractivity contribution is -0.118. The van der Waals surface area contributed by atoms with E-state index >= 15 is 0 Å². The molecule has 2 aromatic rings. The van der Waals surface area contributed by atoms with Crippen LogP contribution in [0.15, 0.2) is 42.5 Å². The minimum atomic E-state index is -0.414. The molecular formula is C23H26ClN3O4. The number of hydrogen-bond donors (Lipinski definition) is 3. The van der Waals surface area contributed by atoms with Crippen molar-refractivity contribution in [2.45, 2.75) is 44.6 Å². The summed E-state index contributed by atoms with van der Waals surface area (Å²) in [5, 5.41) is 6.07. The van der Waals surface area contributed by atoms with Crippen molar-refractivity contribution in [3.05, 3.63) is 58.6 Å². The highest BCUT2D eigenvalue weighted by Crippen LogP contribution is 2.23. The first-order valence-corrected chi connectivity index (χ1v) is 10.7. The molecule has 4 N–H and O–H groups in total. The molecule has 2 aromatic carbocycles. The predicted molar refractivity (Wildman–Crippen MR) is 119 cm³/mol. The fraction of sp³-hybridized carbons (Fsp3) is 0.348. The summed E-state index contributed by atoms with van der Waals surface area (Å²) >= 11 is 6.20. The number of anilines is 1. The van der Waals surface area contributed by atoms with Gasteiger partial charge in [0.1, 0.15) is 5.75 Å². The number of benzene rings is 2. The number of amides is 3. The third kappa shape index (κ3) is 7.00. The van der Waals surface area contributed by atoms with E-state index < -0.39 is 5.91 Å². The van der Waals surface area contributed by atoms with Gasteiger partial charge < -0.3 is 21.1 Å². The first-order chi connectivity index (χ1) is 14.9. The van der Waals surface area contributed by atoms with Crippen molar-refractivity contribution in [3.8, 4) is 5.75 Å². The Kier molecular flexibility index (Phi) is 7.89. The predicted octanol–water partition coefficient (Wildman–Crippen LogP) is 3.45. The summed E-state index contributed by atoms with van der Waals surface area (Å²) in [6.07, 6.45) is 5.52. The van der Waals surface area contributed by atoms with Crippen LogP contribution < -0.4 is 21.1 Å². The van der Waals surface area contributed by atoms with Crippen LogP contribution in [0.1, 0.15) is 48.0 Å². The van der Waals surface area contributed by atoms with Crippen molar-refractivity contribution >= 4 is 35.0 Å². The van der Waals surface area contributed by atoms with Crippen molar-refractivity contribution in [3.63, 3.8) is 0 Å². The Morgan fingerprint density at radius 2 is 1.74 bits per heavy atom. The largest absolute Gasteiger partial charge is 0.484 e. The minimum Gasteiger partial charge on any atom is -0.484 e. The lowest BCUT2D eigenvalue weighted by Crippen LogP contribution is -2.36.